The lowest BCUT2D eigenvalue weighted by Crippen LogP contribution is -2.18. The van der Waals surface area contributed by atoms with E-state index in [4.69, 9.17) is 0 Å². The predicted molar refractivity (Wildman–Crippen MR) is 51.5 cm³/mol. The third kappa shape index (κ3) is 2.13. The number of carbonyl (C=O) groups is 2. The van der Waals surface area contributed by atoms with Crippen molar-refractivity contribution in [2.75, 3.05) is 21.2 Å². The third-order valence-corrected chi connectivity index (χ3v) is 2.24. The summed E-state index contributed by atoms with van der Waals surface area (Å²) in [4.78, 5) is 24.5. The minimum Gasteiger partial charge on any atom is -0.469 e. The van der Waals surface area contributed by atoms with Gasteiger partial charge in [0.1, 0.15) is 0 Å². The minimum absolute atomic E-state index is 0.0501. The fourth-order valence-corrected chi connectivity index (χ4v) is 1.60. The molecule has 0 spiro atoms. The molecular weight excluding hydrogens is 182 g/mol. The van der Waals surface area contributed by atoms with Gasteiger partial charge in [-0.1, -0.05) is 0 Å². The molecule has 0 aromatic carbocycles. The summed E-state index contributed by atoms with van der Waals surface area (Å²) in [6.07, 6.45) is 2.72. The van der Waals surface area contributed by atoms with E-state index < -0.39 is 0 Å². The van der Waals surface area contributed by atoms with Crippen molar-refractivity contribution in [1.29, 1.82) is 0 Å². The SMILES string of the molecule is COC(=O)C1CCC(=O)/C1=C/N(C)C. The molecular formula is C10H15NO3. The molecule has 0 heterocycles. The summed E-state index contributed by atoms with van der Waals surface area (Å²) >= 11 is 0. The summed E-state index contributed by atoms with van der Waals surface area (Å²) in [7, 11) is 5.00. The summed E-state index contributed by atoms with van der Waals surface area (Å²) in [6.45, 7) is 0. The fraction of sp³-hybridized carbons (Fsp3) is 0.600. The number of hydrogen-bond donors (Lipinski definition) is 0. The van der Waals surface area contributed by atoms with E-state index in [1.54, 1.807) is 11.1 Å². The zero-order valence-corrected chi connectivity index (χ0v) is 8.74. The van der Waals surface area contributed by atoms with Crippen LogP contribution in [0.3, 0.4) is 0 Å². The van der Waals surface area contributed by atoms with Crippen molar-refractivity contribution in [3.8, 4) is 0 Å². The molecule has 14 heavy (non-hydrogen) atoms. The monoisotopic (exact) mass is 197 g/mol. The Balaban J connectivity index is 2.87. The van der Waals surface area contributed by atoms with Crippen LogP contribution in [0.5, 0.6) is 0 Å². The van der Waals surface area contributed by atoms with Gasteiger partial charge >= 0.3 is 5.97 Å². The molecule has 4 nitrogen and oxygen atoms in total. The normalized spacial score (nSPS) is 24.1. The van der Waals surface area contributed by atoms with Crippen LogP contribution in [0, 0.1) is 5.92 Å². The minimum atomic E-state index is -0.366. The number of rotatable bonds is 2. The van der Waals surface area contributed by atoms with Gasteiger partial charge in [0.15, 0.2) is 5.78 Å². The van der Waals surface area contributed by atoms with E-state index in [0.717, 1.165) is 0 Å². The molecule has 0 amide bonds. The van der Waals surface area contributed by atoms with Crippen LogP contribution >= 0.6 is 0 Å². The van der Waals surface area contributed by atoms with Gasteiger partial charge in [0.2, 0.25) is 0 Å². The van der Waals surface area contributed by atoms with Crippen molar-refractivity contribution >= 4 is 11.8 Å². The van der Waals surface area contributed by atoms with Crippen LogP contribution in [0.1, 0.15) is 12.8 Å². The predicted octanol–water partition coefficient (Wildman–Crippen LogP) is 0.584. The molecule has 1 aliphatic rings. The van der Waals surface area contributed by atoms with Crippen LogP contribution in [0.15, 0.2) is 11.8 Å². The van der Waals surface area contributed by atoms with Gasteiger partial charge in [0.05, 0.1) is 13.0 Å². The van der Waals surface area contributed by atoms with E-state index in [-0.39, 0.29) is 17.7 Å². The molecule has 1 unspecified atom stereocenters. The second-order valence-electron chi connectivity index (χ2n) is 3.59. The highest BCUT2D eigenvalue weighted by atomic mass is 16.5. The van der Waals surface area contributed by atoms with Gasteiger partial charge in [-0.25, -0.2) is 0 Å². The number of hydrogen-bond acceptors (Lipinski definition) is 4. The highest BCUT2D eigenvalue weighted by Gasteiger charge is 2.34. The Labute approximate surface area is 83.5 Å². The first-order valence-electron chi connectivity index (χ1n) is 4.55. The van der Waals surface area contributed by atoms with Crippen LogP contribution < -0.4 is 0 Å². The average Bonchev–Trinajstić information content (AvgIpc) is 2.46. The zero-order valence-electron chi connectivity index (χ0n) is 8.74. The Morgan fingerprint density at radius 3 is 2.71 bits per heavy atom. The lowest BCUT2D eigenvalue weighted by Gasteiger charge is -2.11. The van der Waals surface area contributed by atoms with Gasteiger partial charge in [0, 0.05) is 32.3 Å². The number of methoxy groups -OCH3 is 1. The van der Waals surface area contributed by atoms with E-state index in [9.17, 15) is 9.59 Å². The highest BCUT2D eigenvalue weighted by Crippen LogP contribution is 2.29. The van der Waals surface area contributed by atoms with E-state index in [1.807, 2.05) is 14.1 Å². The molecule has 4 heteroatoms. The second kappa shape index (κ2) is 4.26. The molecule has 1 saturated carbocycles. The fourth-order valence-electron chi connectivity index (χ4n) is 1.60. The van der Waals surface area contributed by atoms with Gasteiger partial charge < -0.3 is 9.64 Å². The maximum absolute atomic E-state index is 11.4. The van der Waals surface area contributed by atoms with Gasteiger partial charge in [-0.3, -0.25) is 9.59 Å². The summed E-state index contributed by atoms with van der Waals surface area (Å²) in [5.74, 6) is -0.632. The molecule has 1 rings (SSSR count). The summed E-state index contributed by atoms with van der Waals surface area (Å²) in [5.41, 5.74) is 0.571. The van der Waals surface area contributed by atoms with Gasteiger partial charge in [0.25, 0.3) is 0 Å². The number of ketones is 1. The molecule has 0 aromatic heterocycles. The van der Waals surface area contributed by atoms with E-state index in [0.29, 0.717) is 18.4 Å². The van der Waals surface area contributed by atoms with Crippen molar-refractivity contribution in [2.24, 2.45) is 5.92 Å². The van der Waals surface area contributed by atoms with Crippen molar-refractivity contribution in [1.82, 2.24) is 4.90 Å². The van der Waals surface area contributed by atoms with E-state index in [2.05, 4.69) is 4.74 Å². The van der Waals surface area contributed by atoms with Gasteiger partial charge in [-0.05, 0) is 6.42 Å². The summed E-state index contributed by atoms with van der Waals surface area (Å²) in [6, 6.07) is 0. The topological polar surface area (TPSA) is 46.6 Å². The Kier molecular flexibility index (Phi) is 3.28. The first-order chi connectivity index (χ1) is 6.56. The van der Waals surface area contributed by atoms with Crippen LogP contribution in [-0.4, -0.2) is 37.9 Å². The van der Waals surface area contributed by atoms with E-state index >= 15 is 0 Å². The average molecular weight is 197 g/mol. The number of esters is 1. The third-order valence-electron chi connectivity index (χ3n) is 2.24. The molecule has 1 fully saturated rings. The first kappa shape index (κ1) is 10.8. The van der Waals surface area contributed by atoms with Crippen LogP contribution in [-0.2, 0) is 14.3 Å². The Morgan fingerprint density at radius 1 is 1.57 bits per heavy atom. The van der Waals surface area contributed by atoms with Crippen LogP contribution in [0.4, 0.5) is 0 Å². The summed E-state index contributed by atoms with van der Waals surface area (Å²) in [5, 5.41) is 0. The molecule has 1 aliphatic carbocycles. The number of nitrogens with zero attached hydrogens (tertiary/aromatic N) is 1. The van der Waals surface area contributed by atoms with E-state index in [1.165, 1.54) is 7.11 Å². The van der Waals surface area contributed by atoms with Crippen LogP contribution in [0.25, 0.3) is 0 Å². The molecule has 78 valence electrons. The molecule has 0 aromatic rings. The van der Waals surface area contributed by atoms with Crippen molar-refractivity contribution in [3.05, 3.63) is 11.8 Å². The lowest BCUT2D eigenvalue weighted by molar-refractivity contribution is -0.144. The smallest absolute Gasteiger partial charge is 0.313 e. The molecule has 0 saturated heterocycles. The molecule has 0 N–H and O–H groups in total. The van der Waals surface area contributed by atoms with Gasteiger partial charge in [-0.15, -0.1) is 0 Å². The Bertz CT molecular complexity index is 281. The molecule has 0 aliphatic heterocycles. The largest absolute Gasteiger partial charge is 0.469 e. The highest BCUT2D eigenvalue weighted by molar-refractivity contribution is 6.03. The second-order valence-corrected chi connectivity index (χ2v) is 3.59. The standard InChI is InChI=1S/C10H15NO3/c1-11(2)6-8-7(10(13)14-3)4-5-9(8)12/h6-7H,4-5H2,1-3H3/b8-6+. The van der Waals surface area contributed by atoms with Crippen molar-refractivity contribution in [3.63, 3.8) is 0 Å². The maximum Gasteiger partial charge on any atom is 0.313 e. The molecule has 0 bridgehead atoms. The number of ether oxygens (including phenoxy) is 1. The number of Topliss-reactive ketones (excluding diaryl/α,β-unsaturated/α-hetero) is 1. The number of carbonyl (C=O) groups excluding carboxylic acids is 2. The molecule has 0 radical (unpaired) electrons. The lowest BCUT2D eigenvalue weighted by atomic mass is 10.0. The first-order valence-corrected chi connectivity index (χ1v) is 4.55. The molecule has 1 atom stereocenters. The zero-order chi connectivity index (χ0) is 10.7. The quantitative estimate of drug-likeness (QED) is 0.480. The Hall–Kier alpha value is -1.32. The maximum atomic E-state index is 11.4. The van der Waals surface area contributed by atoms with Crippen molar-refractivity contribution in [2.45, 2.75) is 12.8 Å². The summed E-state index contributed by atoms with van der Waals surface area (Å²) < 4.78 is 4.64. The van der Waals surface area contributed by atoms with Crippen molar-refractivity contribution < 1.29 is 14.3 Å². The Morgan fingerprint density at radius 2 is 2.21 bits per heavy atom. The van der Waals surface area contributed by atoms with Crippen LogP contribution in [0.2, 0.25) is 0 Å². The van der Waals surface area contributed by atoms with Gasteiger partial charge in [-0.2, -0.15) is 0 Å².